The molecule has 14 heavy (non-hydrogen) atoms. The number of ether oxygens (including phenoxy) is 3. The van der Waals surface area contributed by atoms with Crippen LogP contribution in [0.3, 0.4) is 0 Å². The molecule has 0 aromatic heterocycles. The largest absolute Gasteiger partial charge is 0.328 e. The lowest BCUT2D eigenvalue weighted by Crippen LogP contribution is -2.59. The van der Waals surface area contributed by atoms with E-state index in [4.69, 9.17) is 19.9 Å². The molecule has 3 aliphatic heterocycles. The molecule has 0 spiro atoms. The normalized spacial score (nSPS) is 43.9. The fourth-order valence-corrected chi connectivity index (χ4v) is 1.72. The molecule has 3 saturated heterocycles. The predicted molar refractivity (Wildman–Crippen MR) is 51.6 cm³/mol. The van der Waals surface area contributed by atoms with Crippen molar-refractivity contribution in [1.82, 2.24) is 0 Å². The molecule has 0 aromatic carbocycles. The van der Waals surface area contributed by atoms with Gasteiger partial charge < -0.3 is 19.9 Å². The number of rotatable bonds is 3. The van der Waals surface area contributed by atoms with E-state index < -0.39 is 5.97 Å². The van der Waals surface area contributed by atoms with Gasteiger partial charge in [0.05, 0.1) is 19.8 Å². The van der Waals surface area contributed by atoms with Crippen molar-refractivity contribution in [2.24, 2.45) is 11.1 Å². The van der Waals surface area contributed by atoms with E-state index in [1.807, 2.05) is 6.92 Å². The maximum atomic E-state index is 5.70. The molecular weight excluding hydrogens is 182 g/mol. The second kappa shape index (κ2) is 3.45. The highest BCUT2D eigenvalue weighted by Gasteiger charge is 2.49. The van der Waals surface area contributed by atoms with Crippen LogP contribution in [0.2, 0.25) is 0 Å². The maximum absolute atomic E-state index is 5.70. The first kappa shape index (κ1) is 10.4. The fourth-order valence-electron chi connectivity index (χ4n) is 1.72. The van der Waals surface area contributed by atoms with E-state index in [0.717, 1.165) is 32.7 Å². The zero-order chi connectivity index (χ0) is 10.2. The SMILES string of the molecule is CC(N)CCC12OCC(C)(CO1)CO2. The van der Waals surface area contributed by atoms with Gasteiger partial charge in [-0.1, -0.05) is 6.92 Å². The molecule has 0 saturated carbocycles. The van der Waals surface area contributed by atoms with Gasteiger partial charge in [0.2, 0.25) is 0 Å². The lowest BCUT2D eigenvalue weighted by atomic mass is 9.91. The summed E-state index contributed by atoms with van der Waals surface area (Å²) in [5, 5.41) is 0. The molecule has 0 aliphatic carbocycles. The van der Waals surface area contributed by atoms with Gasteiger partial charge in [0, 0.05) is 17.9 Å². The number of hydrogen-bond donors (Lipinski definition) is 1. The van der Waals surface area contributed by atoms with E-state index in [2.05, 4.69) is 6.92 Å². The summed E-state index contributed by atoms with van der Waals surface area (Å²) in [6.07, 6.45) is 1.58. The summed E-state index contributed by atoms with van der Waals surface area (Å²) < 4.78 is 16.9. The second-order valence-electron chi connectivity index (χ2n) is 4.88. The van der Waals surface area contributed by atoms with Crippen LogP contribution in [-0.2, 0) is 14.2 Å². The highest BCUT2D eigenvalue weighted by molar-refractivity contribution is 4.84. The lowest BCUT2D eigenvalue weighted by molar-refractivity contribution is -0.467. The Hall–Kier alpha value is -0.160. The van der Waals surface area contributed by atoms with E-state index in [-0.39, 0.29) is 11.5 Å². The minimum Gasteiger partial charge on any atom is -0.328 e. The van der Waals surface area contributed by atoms with E-state index in [9.17, 15) is 0 Å². The number of nitrogens with two attached hydrogens (primary N) is 1. The maximum Gasteiger partial charge on any atom is 0.283 e. The summed E-state index contributed by atoms with van der Waals surface area (Å²) in [6.45, 7) is 6.28. The molecule has 3 aliphatic rings. The highest BCUT2D eigenvalue weighted by atomic mass is 16.9. The van der Waals surface area contributed by atoms with Crippen molar-refractivity contribution in [3.8, 4) is 0 Å². The Morgan fingerprint density at radius 3 is 2.14 bits per heavy atom. The van der Waals surface area contributed by atoms with Crippen LogP contribution in [0.5, 0.6) is 0 Å². The van der Waals surface area contributed by atoms with Crippen molar-refractivity contribution < 1.29 is 14.2 Å². The Labute approximate surface area is 84.7 Å². The van der Waals surface area contributed by atoms with Crippen molar-refractivity contribution in [1.29, 1.82) is 0 Å². The molecule has 82 valence electrons. The predicted octanol–water partition coefficient (Wildman–Crippen LogP) is 0.851. The van der Waals surface area contributed by atoms with Crippen molar-refractivity contribution in [3.63, 3.8) is 0 Å². The zero-order valence-corrected chi connectivity index (χ0v) is 8.91. The van der Waals surface area contributed by atoms with Gasteiger partial charge >= 0.3 is 0 Å². The first-order valence-electron chi connectivity index (χ1n) is 5.21. The average molecular weight is 201 g/mol. The van der Waals surface area contributed by atoms with Crippen LogP contribution in [-0.4, -0.2) is 31.8 Å². The van der Waals surface area contributed by atoms with Crippen LogP contribution in [0, 0.1) is 5.41 Å². The molecule has 3 heterocycles. The molecule has 0 radical (unpaired) electrons. The second-order valence-corrected chi connectivity index (χ2v) is 4.88. The van der Waals surface area contributed by atoms with Gasteiger partial charge in [-0.2, -0.15) is 0 Å². The Balaban J connectivity index is 1.92. The molecule has 2 bridgehead atoms. The third kappa shape index (κ3) is 1.93. The molecule has 2 N–H and O–H groups in total. The van der Waals surface area contributed by atoms with E-state index >= 15 is 0 Å². The van der Waals surface area contributed by atoms with Gasteiger partial charge in [0.25, 0.3) is 5.97 Å². The first-order valence-corrected chi connectivity index (χ1v) is 5.21. The van der Waals surface area contributed by atoms with Crippen LogP contribution < -0.4 is 5.73 Å². The Morgan fingerprint density at radius 2 is 1.71 bits per heavy atom. The molecule has 0 amide bonds. The van der Waals surface area contributed by atoms with Crippen molar-refractivity contribution in [3.05, 3.63) is 0 Å². The summed E-state index contributed by atoms with van der Waals surface area (Å²) in [5.41, 5.74) is 5.75. The monoisotopic (exact) mass is 201 g/mol. The minimum absolute atomic E-state index is 0.0517. The number of fused-ring (bicyclic) bond motifs is 3. The molecule has 1 atom stereocenters. The smallest absolute Gasteiger partial charge is 0.283 e. The first-order chi connectivity index (χ1) is 6.54. The molecule has 4 heteroatoms. The fraction of sp³-hybridized carbons (Fsp3) is 1.00. The van der Waals surface area contributed by atoms with E-state index in [1.165, 1.54) is 0 Å². The third-order valence-corrected chi connectivity index (χ3v) is 2.83. The van der Waals surface area contributed by atoms with Crippen LogP contribution in [0.4, 0.5) is 0 Å². The van der Waals surface area contributed by atoms with Gasteiger partial charge in [-0.25, -0.2) is 0 Å². The third-order valence-electron chi connectivity index (χ3n) is 2.83. The Bertz CT molecular complexity index is 193. The quantitative estimate of drug-likeness (QED) is 0.735. The Morgan fingerprint density at radius 1 is 1.21 bits per heavy atom. The van der Waals surface area contributed by atoms with Crippen LogP contribution in [0.1, 0.15) is 26.7 Å². The van der Waals surface area contributed by atoms with Gasteiger partial charge in [-0.15, -0.1) is 0 Å². The van der Waals surface area contributed by atoms with Crippen molar-refractivity contribution in [2.45, 2.75) is 38.7 Å². The van der Waals surface area contributed by atoms with Gasteiger partial charge in [0.1, 0.15) is 0 Å². The average Bonchev–Trinajstić information content (AvgIpc) is 2.17. The van der Waals surface area contributed by atoms with Gasteiger partial charge in [-0.3, -0.25) is 0 Å². The van der Waals surface area contributed by atoms with E-state index in [1.54, 1.807) is 0 Å². The molecule has 3 fully saturated rings. The molecule has 4 nitrogen and oxygen atoms in total. The molecule has 0 aromatic rings. The number of hydrogen-bond acceptors (Lipinski definition) is 4. The minimum atomic E-state index is -0.786. The van der Waals surface area contributed by atoms with Gasteiger partial charge in [-0.05, 0) is 13.3 Å². The van der Waals surface area contributed by atoms with Crippen LogP contribution in [0.25, 0.3) is 0 Å². The topological polar surface area (TPSA) is 53.7 Å². The molecule has 3 rings (SSSR count). The Kier molecular flexibility index (Phi) is 2.55. The van der Waals surface area contributed by atoms with Crippen LogP contribution >= 0.6 is 0 Å². The van der Waals surface area contributed by atoms with E-state index in [0.29, 0.717) is 0 Å². The zero-order valence-electron chi connectivity index (χ0n) is 8.91. The standard InChI is InChI=1S/C10H19NO3/c1-8(11)3-4-10-12-5-9(2,6-13-10)7-14-10/h8H,3-7,11H2,1-2H3. The summed E-state index contributed by atoms with van der Waals surface area (Å²) in [4.78, 5) is 0. The van der Waals surface area contributed by atoms with Crippen molar-refractivity contribution in [2.75, 3.05) is 19.8 Å². The summed E-state index contributed by atoms with van der Waals surface area (Å²) in [7, 11) is 0. The highest BCUT2D eigenvalue weighted by Crippen LogP contribution is 2.40. The lowest BCUT2D eigenvalue weighted by Gasteiger charge is -2.50. The molecular formula is C10H19NO3. The summed E-state index contributed by atoms with van der Waals surface area (Å²) in [5.74, 6) is -0.786. The summed E-state index contributed by atoms with van der Waals surface area (Å²) in [6, 6.07) is 0.162. The molecule has 1 unspecified atom stereocenters. The van der Waals surface area contributed by atoms with Crippen LogP contribution in [0.15, 0.2) is 0 Å². The van der Waals surface area contributed by atoms with Gasteiger partial charge in [0.15, 0.2) is 0 Å². The summed E-state index contributed by atoms with van der Waals surface area (Å²) >= 11 is 0. The van der Waals surface area contributed by atoms with Crippen molar-refractivity contribution >= 4 is 0 Å².